The van der Waals surface area contributed by atoms with E-state index in [1.165, 1.54) is 0 Å². The second kappa shape index (κ2) is 5.68. The van der Waals surface area contributed by atoms with E-state index in [4.69, 9.17) is 21.7 Å². The van der Waals surface area contributed by atoms with E-state index in [1.807, 2.05) is 0 Å². The van der Waals surface area contributed by atoms with Crippen molar-refractivity contribution in [3.05, 3.63) is 0 Å². The van der Waals surface area contributed by atoms with Gasteiger partial charge in [0.25, 0.3) is 0 Å². The molecule has 6 heteroatoms. The Kier molecular flexibility index (Phi) is 5.73. The fourth-order valence-electron chi connectivity index (χ4n) is 1.05. The topological polar surface area (TPSA) is 27.7 Å². The second-order valence-electron chi connectivity index (χ2n) is 2.33. The molecule has 0 amide bonds. The van der Waals surface area contributed by atoms with Crippen LogP contribution in [0.1, 0.15) is 6.42 Å². The molecule has 0 aromatic heterocycles. The number of hydrogen-bond donors (Lipinski definition) is 0. The van der Waals surface area contributed by atoms with Crippen molar-refractivity contribution in [2.45, 2.75) is 24.2 Å². The van der Waals surface area contributed by atoms with Crippen molar-refractivity contribution < 1.29 is 10.1 Å². The van der Waals surface area contributed by atoms with Gasteiger partial charge in [-0.25, -0.2) is 0 Å². The molecule has 0 bridgehead atoms. The molecule has 2 unspecified atom stereocenters. The van der Waals surface area contributed by atoms with Gasteiger partial charge in [-0.1, -0.05) is 0 Å². The van der Waals surface area contributed by atoms with Gasteiger partial charge in [-0.15, -0.1) is 0 Å². The van der Waals surface area contributed by atoms with Crippen molar-refractivity contribution in [3.8, 4) is 0 Å². The van der Waals surface area contributed by atoms with Crippen molar-refractivity contribution in [1.82, 2.24) is 0 Å². The molecule has 3 atom stereocenters. The summed E-state index contributed by atoms with van der Waals surface area (Å²) < 4.78 is 15.8. The third-order valence-electron chi connectivity index (χ3n) is 1.59. The zero-order valence-electron chi connectivity index (χ0n) is 5.90. The molecule has 3 nitrogen and oxygen atoms in total. The fourth-order valence-corrected chi connectivity index (χ4v) is 3.21. The fraction of sp³-hybridized carbons (Fsp3) is 1.00. The number of ether oxygens (including phenoxy) is 1. The van der Waals surface area contributed by atoms with Crippen molar-refractivity contribution >= 4 is 64.0 Å². The van der Waals surface area contributed by atoms with Crippen LogP contribution in [0.25, 0.3) is 0 Å². The minimum atomic E-state index is -0.177. The van der Waals surface area contributed by atoms with Gasteiger partial charge in [0.2, 0.25) is 0 Å². The van der Waals surface area contributed by atoms with Gasteiger partial charge in [-0.2, -0.15) is 0 Å². The minimum absolute atomic E-state index is 0.0764. The monoisotopic (exact) mass is 560 g/mol. The Hall–Kier alpha value is 2.01. The van der Waals surface area contributed by atoms with Gasteiger partial charge in [0, 0.05) is 0 Å². The van der Waals surface area contributed by atoms with Gasteiger partial charge in [0.05, 0.1) is 0 Å². The summed E-state index contributed by atoms with van der Waals surface area (Å²) in [6.45, 7) is 0.644. The maximum atomic E-state index is 5.79. The van der Waals surface area contributed by atoms with Gasteiger partial charge < -0.3 is 0 Å². The van der Waals surface area contributed by atoms with E-state index in [0.29, 0.717) is 59.0 Å². The summed E-state index contributed by atoms with van der Waals surface area (Å²) in [5, 5.41) is 0. The molecule has 0 saturated carbocycles. The standard InChI is InChI=1S/C5H7ClO3.2Tl/c6-5-1-3(8)4(2-7)9-5;;/h3-5H,1-2H2;;/q-2;2*+1/t3-,4?,5?;;/m0../s1. The quantitative estimate of drug-likeness (QED) is 0.358. The molecule has 1 aliphatic heterocycles. The van der Waals surface area contributed by atoms with E-state index in [0.717, 1.165) is 6.42 Å². The van der Waals surface area contributed by atoms with Crippen molar-refractivity contribution in [1.29, 1.82) is 0 Å². The summed E-state index contributed by atoms with van der Waals surface area (Å²) in [4.78, 5) is 0. The molecule has 11 heavy (non-hydrogen) atoms. The second-order valence-corrected chi connectivity index (χ2v) is 5.17. The third-order valence-corrected chi connectivity index (χ3v) is 3.98. The maximum absolute atomic E-state index is 5.79. The zero-order chi connectivity index (χ0) is 8.27. The summed E-state index contributed by atoms with van der Waals surface area (Å²) in [5.74, 6) is 0. The van der Waals surface area contributed by atoms with Crippen molar-refractivity contribution in [2.24, 2.45) is 0 Å². The average molecular weight is 559 g/mol. The molecular weight excluding hydrogens is 552 g/mol. The number of alkyl halides is 1. The van der Waals surface area contributed by atoms with Crippen LogP contribution in [0.15, 0.2) is 0 Å². The zero-order valence-corrected chi connectivity index (χ0v) is 15.6. The van der Waals surface area contributed by atoms with Crippen LogP contribution < -0.4 is 0 Å². The molecule has 1 saturated heterocycles. The molecule has 0 aromatic carbocycles. The summed E-state index contributed by atoms with van der Waals surface area (Å²) in [6.07, 6.45) is 1.06. The molecule has 1 rings (SSSR count). The van der Waals surface area contributed by atoms with E-state index >= 15 is 0 Å². The Morgan fingerprint density at radius 2 is 2.27 bits per heavy atom. The Morgan fingerprint density at radius 1 is 1.55 bits per heavy atom. The van der Waals surface area contributed by atoms with Crippen LogP contribution in [-0.4, -0.2) is 76.8 Å². The predicted molar refractivity (Wildman–Crippen MR) is 41.5 cm³/mol. The van der Waals surface area contributed by atoms with E-state index < -0.39 is 0 Å². The van der Waals surface area contributed by atoms with Gasteiger partial charge in [-0.05, 0) is 0 Å². The van der Waals surface area contributed by atoms with E-state index in [1.54, 1.807) is 0 Å². The van der Waals surface area contributed by atoms with Crippen LogP contribution in [0, 0.1) is 0 Å². The van der Waals surface area contributed by atoms with Gasteiger partial charge >= 0.3 is 105 Å². The van der Waals surface area contributed by atoms with Gasteiger partial charge in [0.15, 0.2) is 0 Å². The van der Waals surface area contributed by atoms with E-state index in [-0.39, 0.29) is 17.8 Å². The molecule has 0 N–H and O–H groups in total. The molecule has 0 spiro atoms. The molecule has 58 valence electrons. The normalized spacial score (nSPS) is 37.5. The van der Waals surface area contributed by atoms with Crippen LogP contribution in [0.2, 0.25) is 0 Å². The Balaban J connectivity index is 2.37. The van der Waals surface area contributed by atoms with Crippen LogP contribution in [0.3, 0.4) is 0 Å². The van der Waals surface area contributed by atoms with Crippen molar-refractivity contribution in [3.63, 3.8) is 0 Å². The van der Waals surface area contributed by atoms with Crippen LogP contribution in [0.5, 0.6) is 0 Å². The van der Waals surface area contributed by atoms with E-state index in [2.05, 4.69) is 0 Å². The van der Waals surface area contributed by atoms with Crippen molar-refractivity contribution in [2.75, 3.05) is 6.61 Å². The Morgan fingerprint density at radius 3 is 2.82 bits per heavy atom. The summed E-state index contributed by atoms with van der Waals surface area (Å²) in [5.41, 5.74) is -0.177. The third kappa shape index (κ3) is 3.33. The first-order valence-electron chi connectivity index (χ1n) is 3.24. The first-order chi connectivity index (χ1) is 5.27. The number of hydrogen-bond acceptors (Lipinski definition) is 3. The van der Waals surface area contributed by atoms with Crippen LogP contribution >= 0.6 is 11.6 Å². The molecule has 0 aliphatic carbocycles. The Bertz CT molecular complexity index is 126. The summed E-state index contributed by atoms with van der Waals surface area (Å²) >= 11 is 6.91. The SMILES string of the molecule is ClC1C[C@H]([O][Tl])C(C[O][Tl])O1. The molecule has 0 radical (unpaired) electrons. The Labute approximate surface area is 104 Å². The van der Waals surface area contributed by atoms with Crippen LogP contribution in [-0.2, 0) is 10.1 Å². The molecular formula is C5H7ClO3Tl2. The van der Waals surface area contributed by atoms with Crippen LogP contribution in [0.4, 0.5) is 0 Å². The first-order valence-corrected chi connectivity index (χ1v) is 7.35. The summed E-state index contributed by atoms with van der Waals surface area (Å²) in [6, 6.07) is 0. The van der Waals surface area contributed by atoms with Gasteiger partial charge in [-0.3, -0.25) is 0 Å². The molecule has 1 aliphatic rings. The first kappa shape index (κ1) is 11.1. The van der Waals surface area contributed by atoms with E-state index in [9.17, 15) is 0 Å². The molecule has 1 fully saturated rings. The number of rotatable bonds is 3. The van der Waals surface area contributed by atoms with Gasteiger partial charge in [0.1, 0.15) is 0 Å². The molecule has 1 heterocycles. The summed E-state index contributed by atoms with van der Waals surface area (Å²) in [7, 11) is 0. The molecule has 0 aromatic rings. The average Bonchev–Trinajstić information content (AvgIpc) is 2.32. The number of halogens is 1. The predicted octanol–water partition coefficient (Wildman–Crippen LogP) is -0.0910.